The van der Waals surface area contributed by atoms with E-state index >= 15 is 0 Å². The third-order valence-corrected chi connectivity index (χ3v) is 7.79. The number of carbonyl (C=O) groups is 1. The maximum absolute atomic E-state index is 12.9. The number of ether oxygens (including phenoxy) is 1. The van der Waals surface area contributed by atoms with Crippen LogP contribution >= 0.6 is 0 Å². The van der Waals surface area contributed by atoms with E-state index in [4.69, 9.17) is 4.74 Å². The molecule has 6 heteroatoms. The molecule has 0 aromatic heterocycles. The smallest absolute Gasteiger partial charge is 0.309 e. The van der Waals surface area contributed by atoms with Crippen LogP contribution in [0.3, 0.4) is 0 Å². The number of esters is 1. The van der Waals surface area contributed by atoms with Crippen LogP contribution in [0.25, 0.3) is 0 Å². The fourth-order valence-corrected chi connectivity index (χ4v) is 5.00. The number of nitrogens with zero attached hydrogens (tertiary/aromatic N) is 1. The molecule has 1 aromatic rings. The first-order chi connectivity index (χ1) is 12.3. The molecule has 0 amide bonds. The third-order valence-electron chi connectivity index (χ3n) is 5.24. The monoisotopic (exact) mass is 381 g/mol. The molecule has 1 aliphatic rings. The summed E-state index contributed by atoms with van der Waals surface area (Å²) in [5, 5.41) is 0. The molecule has 5 nitrogen and oxygen atoms in total. The Hall–Kier alpha value is -1.40. The molecule has 0 radical (unpaired) electrons. The zero-order chi connectivity index (χ0) is 19.2. The van der Waals surface area contributed by atoms with Crippen molar-refractivity contribution in [1.82, 2.24) is 4.90 Å². The van der Waals surface area contributed by atoms with E-state index in [1.807, 2.05) is 26.8 Å². The van der Waals surface area contributed by atoms with Gasteiger partial charge in [0.05, 0.1) is 22.2 Å². The zero-order valence-corrected chi connectivity index (χ0v) is 16.9. The molecular formula is C20H31NO4S. The average Bonchev–Trinajstić information content (AvgIpc) is 2.63. The maximum atomic E-state index is 12.9. The minimum Gasteiger partial charge on any atom is -0.466 e. The first-order valence-corrected chi connectivity index (χ1v) is 10.9. The van der Waals surface area contributed by atoms with Gasteiger partial charge in [-0.2, -0.15) is 0 Å². The minimum absolute atomic E-state index is 0.0149. The average molecular weight is 382 g/mol. The van der Waals surface area contributed by atoms with Gasteiger partial charge in [0.25, 0.3) is 0 Å². The molecule has 0 aliphatic carbocycles. The summed E-state index contributed by atoms with van der Waals surface area (Å²) in [5.74, 6) is -0.0664. The Morgan fingerprint density at radius 2 is 1.81 bits per heavy atom. The van der Waals surface area contributed by atoms with Crippen LogP contribution in [0.4, 0.5) is 0 Å². The molecule has 0 bridgehead atoms. The third kappa shape index (κ3) is 5.07. The van der Waals surface area contributed by atoms with Crippen LogP contribution in [0.5, 0.6) is 0 Å². The van der Waals surface area contributed by atoms with Gasteiger partial charge in [-0.3, -0.25) is 4.79 Å². The fraction of sp³-hybridized carbons (Fsp3) is 0.650. The quantitative estimate of drug-likeness (QED) is 0.647. The molecule has 146 valence electrons. The van der Waals surface area contributed by atoms with Gasteiger partial charge in [0, 0.05) is 0 Å². The van der Waals surface area contributed by atoms with Crippen LogP contribution in [0, 0.1) is 5.92 Å². The number of benzene rings is 1. The van der Waals surface area contributed by atoms with Crippen LogP contribution in [0.15, 0.2) is 35.2 Å². The molecule has 1 aromatic carbocycles. The van der Waals surface area contributed by atoms with E-state index in [1.165, 1.54) is 0 Å². The van der Waals surface area contributed by atoms with Gasteiger partial charge in [-0.05, 0) is 78.2 Å². The molecule has 0 atom stereocenters. The Bertz CT molecular complexity index is 677. The molecule has 0 spiro atoms. The van der Waals surface area contributed by atoms with Crippen LogP contribution < -0.4 is 0 Å². The van der Waals surface area contributed by atoms with Crippen LogP contribution in [0.2, 0.25) is 0 Å². The summed E-state index contributed by atoms with van der Waals surface area (Å²) in [5.41, 5.74) is 0. The number of likely N-dealkylation sites (tertiary alicyclic amines) is 1. The Morgan fingerprint density at radius 3 is 2.38 bits per heavy atom. The lowest BCUT2D eigenvalue weighted by atomic mass is 9.96. The van der Waals surface area contributed by atoms with E-state index in [2.05, 4.69) is 4.90 Å². The van der Waals surface area contributed by atoms with Crippen molar-refractivity contribution in [2.45, 2.75) is 56.1 Å². The highest BCUT2D eigenvalue weighted by Crippen LogP contribution is 2.29. The SMILES string of the molecule is CCOC(=O)C1CCN(CCCC(C)(C)S(=O)(=O)c2ccccc2)CC1. The number of sulfone groups is 1. The highest BCUT2D eigenvalue weighted by molar-refractivity contribution is 7.92. The molecule has 0 unspecified atom stereocenters. The minimum atomic E-state index is -3.35. The van der Waals surface area contributed by atoms with Gasteiger partial charge < -0.3 is 9.64 Å². The molecule has 1 fully saturated rings. The summed E-state index contributed by atoms with van der Waals surface area (Å²) in [4.78, 5) is 14.5. The Kier molecular flexibility index (Phi) is 7.24. The first kappa shape index (κ1) is 20.9. The van der Waals surface area contributed by atoms with E-state index in [0.717, 1.165) is 38.9 Å². The molecule has 0 N–H and O–H groups in total. The molecule has 2 rings (SSSR count). The molecule has 1 heterocycles. The van der Waals surface area contributed by atoms with Crippen LogP contribution in [-0.4, -0.2) is 50.3 Å². The lowest BCUT2D eigenvalue weighted by Gasteiger charge is -2.32. The van der Waals surface area contributed by atoms with Gasteiger partial charge in [0.1, 0.15) is 0 Å². The summed E-state index contributed by atoms with van der Waals surface area (Å²) in [7, 11) is -3.35. The van der Waals surface area contributed by atoms with Crippen LogP contribution in [0.1, 0.15) is 46.5 Å². The summed E-state index contributed by atoms with van der Waals surface area (Å²) < 4.78 is 30.0. The predicted octanol–water partition coefficient (Wildman–Crippen LogP) is 3.29. The van der Waals surface area contributed by atoms with Crippen molar-refractivity contribution in [3.8, 4) is 0 Å². The topological polar surface area (TPSA) is 63.7 Å². The van der Waals surface area contributed by atoms with Gasteiger partial charge in [0.2, 0.25) is 0 Å². The number of piperidine rings is 1. The highest BCUT2D eigenvalue weighted by Gasteiger charge is 2.35. The second-order valence-corrected chi connectivity index (χ2v) is 10.1. The van der Waals surface area contributed by atoms with E-state index < -0.39 is 14.6 Å². The highest BCUT2D eigenvalue weighted by atomic mass is 32.2. The molecule has 1 aliphatic heterocycles. The van der Waals surface area contributed by atoms with E-state index in [9.17, 15) is 13.2 Å². The second kappa shape index (κ2) is 9.00. The lowest BCUT2D eigenvalue weighted by Crippen LogP contribution is -2.38. The Labute approximate surface area is 157 Å². The van der Waals surface area contributed by atoms with Gasteiger partial charge >= 0.3 is 5.97 Å². The first-order valence-electron chi connectivity index (χ1n) is 9.46. The Morgan fingerprint density at radius 1 is 1.19 bits per heavy atom. The summed E-state index contributed by atoms with van der Waals surface area (Å²) >= 11 is 0. The molecular weight excluding hydrogens is 350 g/mol. The Balaban J connectivity index is 1.81. The van der Waals surface area contributed by atoms with Gasteiger partial charge in [0.15, 0.2) is 9.84 Å². The largest absolute Gasteiger partial charge is 0.466 e. The van der Waals surface area contributed by atoms with Crippen molar-refractivity contribution in [3.63, 3.8) is 0 Å². The van der Waals surface area contributed by atoms with Crippen molar-refractivity contribution in [2.24, 2.45) is 5.92 Å². The number of hydrogen-bond donors (Lipinski definition) is 0. The van der Waals surface area contributed by atoms with Gasteiger partial charge in [-0.15, -0.1) is 0 Å². The van der Waals surface area contributed by atoms with E-state index in [1.54, 1.807) is 24.3 Å². The molecule has 26 heavy (non-hydrogen) atoms. The predicted molar refractivity (Wildman–Crippen MR) is 103 cm³/mol. The zero-order valence-electron chi connectivity index (χ0n) is 16.1. The summed E-state index contributed by atoms with van der Waals surface area (Å²) in [6, 6.07) is 8.67. The molecule has 1 saturated heterocycles. The van der Waals surface area contributed by atoms with E-state index in [0.29, 0.717) is 17.9 Å². The fourth-order valence-electron chi connectivity index (χ4n) is 3.43. The van der Waals surface area contributed by atoms with Gasteiger partial charge in [-0.1, -0.05) is 18.2 Å². The maximum Gasteiger partial charge on any atom is 0.309 e. The van der Waals surface area contributed by atoms with Crippen molar-refractivity contribution in [1.29, 1.82) is 0 Å². The van der Waals surface area contributed by atoms with Crippen molar-refractivity contribution >= 4 is 15.8 Å². The van der Waals surface area contributed by atoms with Crippen molar-refractivity contribution in [3.05, 3.63) is 30.3 Å². The molecule has 0 saturated carbocycles. The van der Waals surface area contributed by atoms with Crippen molar-refractivity contribution in [2.75, 3.05) is 26.2 Å². The summed E-state index contributed by atoms with van der Waals surface area (Å²) in [6.45, 7) is 8.49. The van der Waals surface area contributed by atoms with Crippen molar-refractivity contribution < 1.29 is 17.9 Å². The summed E-state index contributed by atoms with van der Waals surface area (Å²) in [6.07, 6.45) is 3.08. The van der Waals surface area contributed by atoms with Gasteiger partial charge in [-0.25, -0.2) is 8.42 Å². The second-order valence-electron chi connectivity index (χ2n) is 7.55. The number of carbonyl (C=O) groups excluding carboxylic acids is 1. The normalized spacial score (nSPS) is 17.2. The lowest BCUT2D eigenvalue weighted by molar-refractivity contribution is -0.149. The van der Waals surface area contributed by atoms with E-state index in [-0.39, 0.29) is 11.9 Å². The standard InChI is InChI=1S/C20H31NO4S/c1-4-25-19(22)17-11-15-21(16-12-17)14-8-13-20(2,3)26(23,24)18-9-6-5-7-10-18/h5-7,9-10,17H,4,8,11-16H2,1-3H3. The van der Waals surface area contributed by atoms with Crippen LogP contribution in [-0.2, 0) is 19.4 Å². The number of rotatable bonds is 8. The number of hydrogen-bond acceptors (Lipinski definition) is 5.